The molecule has 1 aromatic heterocycles. The van der Waals surface area contributed by atoms with Gasteiger partial charge in [-0.15, -0.1) is 6.58 Å². The molecule has 0 atom stereocenters. The van der Waals surface area contributed by atoms with Gasteiger partial charge in [0.2, 0.25) is 0 Å². The topological polar surface area (TPSA) is 24.9 Å². The molecule has 0 aliphatic carbocycles. The number of pyridine rings is 1. The third kappa shape index (κ3) is 3.25. The van der Waals surface area contributed by atoms with E-state index in [1.165, 1.54) is 0 Å². The van der Waals surface area contributed by atoms with E-state index in [1.807, 2.05) is 12.1 Å². The maximum Gasteiger partial charge on any atom is 0.134 e. The lowest BCUT2D eigenvalue weighted by molar-refractivity contribution is 0.754. The van der Waals surface area contributed by atoms with Crippen molar-refractivity contribution in [1.82, 2.24) is 10.3 Å². The van der Waals surface area contributed by atoms with Crippen LogP contribution >= 0.6 is 34.2 Å². The van der Waals surface area contributed by atoms with Crippen molar-refractivity contribution in [3.05, 3.63) is 39.2 Å². The summed E-state index contributed by atoms with van der Waals surface area (Å²) in [6.45, 7) is 5.14. The summed E-state index contributed by atoms with van der Waals surface area (Å²) in [5, 5.41) is 3.76. The number of nitrogens with zero attached hydrogens (tertiary/aromatic N) is 1. The van der Waals surface area contributed by atoms with Gasteiger partial charge in [0, 0.05) is 28.4 Å². The van der Waals surface area contributed by atoms with Crippen LogP contribution in [-0.2, 0) is 6.54 Å². The van der Waals surface area contributed by atoms with Gasteiger partial charge in [0.05, 0.1) is 0 Å². The van der Waals surface area contributed by atoms with Crippen LogP contribution < -0.4 is 5.32 Å². The molecule has 0 unspecified atom stereocenters. The minimum Gasteiger partial charge on any atom is -0.309 e. The smallest absolute Gasteiger partial charge is 0.134 e. The third-order valence-electron chi connectivity index (χ3n) is 1.54. The zero-order valence-electron chi connectivity index (χ0n) is 7.06. The molecule has 0 amide bonds. The molecule has 0 bridgehead atoms. The van der Waals surface area contributed by atoms with Crippen LogP contribution in [0.5, 0.6) is 0 Å². The molecule has 0 spiro atoms. The molecule has 1 rings (SSSR count). The second kappa shape index (κ2) is 5.57. The normalized spacial score (nSPS) is 10.0. The van der Waals surface area contributed by atoms with Crippen molar-refractivity contribution in [2.24, 2.45) is 0 Å². The standard InChI is InChI=1S/C9H10ClIN2/c1-2-4-12-6-7-8(11)3-5-13-9(7)10/h2-3,5,12H,1,4,6H2. The number of nitrogens with one attached hydrogen (secondary N) is 1. The molecule has 2 nitrogen and oxygen atoms in total. The molecule has 0 aromatic carbocycles. The van der Waals surface area contributed by atoms with Crippen LogP contribution in [-0.4, -0.2) is 11.5 Å². The van der Waals surface area contributed by atoms with Gasteiger partial charge in [0.15, 0.2) is 0 Å². The van der Waals surface area contributed by atoms with Crippen LogP contribution in [0.25, 0.3) is 0 Å². The molecule has 13 heavy (non-hydrogen) atoms. The Morgan fingerprint density at radius 3 is 3.08 bits per heavy atom. The Morgan fingerprint density at radius 2 is 2.46 bits per heavy atom. The Kier molecular flexibility index (Phi) is 4.69. The van der Waals surface area contributed by atoms with E-state index in [2.05, 4.69) is 39.5 Å². The van der Waals surface area contributed by atoms with E-state index in [4.69, 9.17) is 11.6 Å². The molecule has 0 saturated heterocycles. The van der Waals surface area contributed by atoms with Gasteiger partial charge in [-0.3, -0.25) is 0 Å². The van der Waals surface area contributed by atoms with Crippen molar-refractivity contribution in [2.45, 2.75) is 6.54 Å². The van der Waals surface area contributed by atoms with Crippen molar-refractivity contribution in [3.63, 3.8) is 0 Å². The van der Waals surface area contributed by atoms with E-state index in [0.717, 1.165) is 22.2 Å². The first-order valence-electron chi connectivity index (χ1n) is 3.86. The minimum absolute atomic E-state index is 0.573. The molecule has 1 N–H and O–H groups in total. The van der Waals surface area contributed by atoms with Crippen LogP contribution in [0.15, 0.2) is 24.9 Å². The first-order valence-corrected chi connectivity index (χ1v) is 5.32. The van der Waals surface area contributed by atoms with E-state index in [9.17, 15) is 0 Å². The Balaban J connectivity index is 2.69. The summed E-state index contributed by atoms with van der Waals surface area (Å²) in [6, 6.07) is 1.94. The SMILES string of the molecule is C=CCNCc1c(I)ccnc1Cl. The predicted octanol–water partition coefficient (Wildman–Crippen LogP) is 2.62. The van der Waals surface area contributed by atoms with Gasteiger partial charge in [0.1, 0.15) is 5.15 Å². The van der Waals surface area contributed by atoms with Crippen LogP contribution in [0.1, 0.15) is 5.56 Å². The zero-order valence-corrected chi connectivity index (χ0v) is 9.97. The largest absolute Gasteiger partial charge is 0.309 e. The monoisotopic (exact) mass is 308 g/mol. The fraction of sp³-hybridized carbons (Fsp3) is 0.222. The molecular formula is C9H10ClIN2. The third-order valence-corrected chi connectivity index (χ3v) is 2.87. The van der Waals surface area contributed by atoms with Gasteiger partial charge < -0.3 is 5.32 Å². The van der Waals surface area contributed by atoms with Crippen LogP contribution in [0.2, 0.25) is 5.15 Å². The van der Waals surface area contributed by atoms with Crippen molar-refractivity contribution in [1.29, 1.82) is 0 Å². The Hall–Kier alpha value is -0.130. The molecule has 70 valence electrons. The van der Waals surface area contributed by atoms with E-state index < -0.39 is 0 Å². The van der Waals surface area contributed by atoms with Gasteiger partial charge >= 0.3 is 0 Å². The number of halogens is 2. The van der Waals surface area contributed by atoms with Crippen molar-refractivity contribution < 1.29 is 0 Å². The molecule has 0 aliphatic heterocycles. The molecular weight excluding hydrogens is 298 g/mol. The summed E-state index contributed by atoms with van der Waals surface area (Å²) in [5.41, 5.74) is 1.05. The van der Waals surface area contributed by atoms with E-state index >= 15 is 0 Å². The van der Waals surface area contributed by atoms with Crippen LogP contribution in [0.4, 0.5) is 0 Å². The first-order chi connectivity index (χ1) is 6.25. The van der Waals surface area contributed by atoms with Gasteiger partial charge in [0.25, 0.3) is 0 Å². The highest BCUT2D eigenvalue weighted by Crippen LogP contribution is 2.18. The molecule has 4 heteroatoms. The zero-order chi connectivity index (χ0) is 9.68. The molecule has 0 radical (unpaired) electrons. The highest BCUT2D eigenvalue weighted by atomic mass is 127. The van der Waals surface area contributed by atoms with Crippen molar-refractivity contribution in [3.8, 4) is 0 Å². The van der Waals surface area contributed by atoms with Crippen molar-refractivity contribution in [2.75, 3.05) is 6.54 Å². The Morgan fingerprint density at radius 1 is 1.69 bits per heavy atom. The van der Waals surface area contributed by atoms with Gasteiger partial charge in [-0.2, -0.15) is 0 Å². The highest BCUT2D eigenvalue weighted by Gasteiger charge is 2.04. The molecule has 1 aromatic rings. The number of rotatable bonds is 4. The fourth-order valence-corrected chi connectivity index (χ4v) is 1.89. The fourth-order valence-electron chi connectivity index (χ4n) is 0.902. The first kappa shape index (κ1) is 10.9. The average Bonchev–Trinajstić information content (AvgIpc) is 2.10. The number of hydrogen-bond acceptors (Lipinski definition) is 2. The minimum atomic E-state index is 0.573. The average molecular weight is 309 g/mol. The molecule has 1 heterocycles. The second-order valence-corrected chi connectivity index (χ2v) is 4.00. The predicted molar refractivity (Wildman–Crippen MR) is 63.9 cm³/mol. The number of hydrogen-bond donors (Lipinski definition) is 1. The summed E-state index contributed by atoms with van der Waals surface area (Å²) in [6.07, 6.45) is 3.53. The summed E-state index contributed by atoms with van der Waals surface area (Å²) in [4.78, 5) is 4.01. The highest BCUT2D eigenvalue weighted by molar-refractivity contribution is 14.1. The summed E-state index contributed by atoms with van der Waals surface area (Å²) in [5.74, 6) is 0. The van der Waals surface area contributed by atoms with Crippen LogP contribution in [0, 0.1) is 3.57 Å². The molecule has 0 fully saturated rings. The quantitative estimate of drug-likeness (QED) is 0.400. The van der Waals surface area contributed by atoms with E-state index in [-0.39, 0.29) is 0 Å². The molecule has 0 aliphatic rings. The summed E-state index contributed by atoms with van der Waals surface area (Å²) < 4.78 is 1.13. The lowest BCUT2D eigenvalue weighted by Gasteiger charge is -2.05. The van der Waals surface area contributed by atoms with Gasteiger partial charge in [-0.05, 0) is 28.7 Å². The van der Waals surface area contributed by atoms with Gasteiger partial charge in [-0.25, -0.2) is 4.98 Å². The lowest BCUT2D eigenvalue weighted by Crippen LogP contribution is -2.14. The van der Waals surface area contributed by atoms with E-state index in [1.54, 1.807) is 6.20 Å². The second-order valence-electron chi connectivity index (χ2n) is 2.48. The van der Waals surface area contributed by atoms with Crippen LogP contribution in [0.3, 0.4) is 0 Å². The maximum absolute atomic E-state index is 5.93. The lowest BCUT2D eigenvalue weighted by atomic mass is 10.3. The molecule has 0 saturated carbocycles. The van der Waals surface area contributed by atoms with Gasteiger partial charge in [-0.1, -0.05) is 17.7 Å². The summed E-state index contributed by atoms with van der Waals surface area (Å²) in [7, 11) is 0. The maximum atomic E-state index is 5.93. The Bertz CT molecular complexity index is 281. The number of aromatic nitrogens is 1. The van der Waals surface area contributed by atoms with Crippen molar-refractivity contribution >= 4 is 34.2 Å². The Labute approximate surface area is 96.5 Å². The summed E-state index contributed by atoms with van der Waals surface area (Å²) >= 11 is 8.17. The van der Waals surface area contributed by atoms with E-state index in [0.29, 0.717) is 5.15 Å².